The number of carbonyl (C=O) groups is 2. The summed E-state index contributed by atoms with van der Waals surface area (Å²) in [6.45, 7) is 1.24. The molecule has 1 amide bonds. The highest BCUT2D eigenvalue weighted by molar-refractivity contribution is 5.94. The maximum absolute atomic E-state index is 12.4. The number of nitrogens with one attached hydrogen (secondary N) is 1. The molecule has 7 heteroatoms. The summed E-state index contributed by atoms with van der Waals surface area (Å²) < 4.78 is 37.3. The van der Waals surface area contributed by atoms with E-state index in [4.69, 9.17) is 5.11 Å². The molecule has 19 heavy (non-hydrogen) atoms. The fourth-order valence-corrected chi connectivity index (χ4v) is 1.27. The zero-order valence-electron chi connectivity index (χ0n) is 9.99. The van der Waals surface area contributed by atoms with E-state index in [1.54, 1.807) is 0 Å². The molecule has 0 aromatic heterocycles. The molecule has 0 aliphatic rings. The van der Waals surface area contributed by atoms with Gasteiger partial charge in [0.2, 0.25) is 0 Å². The van der Waals surface area contributed by atoms with Gasteiger partial charge in [0.1, 0.15) is 0 Å². The Labute approximate surface area is 107 Å². The maximum Gasteiger partial charge on any atom is 0.416 e. The lowest BCUT2D eigenvalue weighted by Crippen LogP contribution is -2.31. The molecule has 0 radical (unpaired) electrons. The van der Waals surface area contributed by atoms with Gasteiger partial charge in [0, 0.05) is 12.1 Å². The van der Waals surface area contributed by atoms with E-state index in [1.165, 1.54) is 13.0 Å². The van der Waals surface area contributed by atoms with Gasteiger partial charge in [-0.25, -0.2) is 0 Å². The third-order valence-electron chi connectivity index (χ3n) is 2.44. The number of alkyl halides is 3. The van der Waals surface area contributed by atoms with Crippen LogP contribution in [0.2, 0.25) is 0 Å². The smallest absolute Gasteiger partial charge is 0.416 e. The standard InChI is InChI=1S/C12H12F3NO3/c1-7(11(18)19)6-16-10(17)8-3-2-4-9(5-8)12(13,14)15/h2-5,7H,6H2,1H3,(H,16,17)(H,18,19). The van der Waals surface area contributed by atoms with Gasteiger partial charge in [-0.2, -0.15) is 13.2 Å². The molecule has 1 atom stereocenters. The summed E-state index contributed by atoms with van der Waals surface area (Å²) in [5.41, 5.74) is -1.08. The number of carboxylic acids is 1. The lowest BCUT2D eigenvalue weighted by Gasteiger charge is -2.10. The molecule has 1 unspecified atom stereocenters. The molecule has 1 aromatic rings. The zero-order chi connectivity index (χ0) is 14.6. The first-order valence-corrected chi connectivity index (χ1v) is 5.40. The Hall–Kier alpha value is -2.05. The van der Waals surface area contributed by atoms with Crippen LogP contribution in [0.3, 0.4) is 0 Å². The molecule has 0 heterocycles. The van der Waals surface area contributed by atoms with Crippen molar-refractivity contribution in [2.24, 2.45) is 5.92 Å². The minimum absolute atomic E-state index is 0.148. The van der Waals surface area contributed by atoms with Crippen LogP contribution in [0.4, 0.5) is 13.2 Å². The van der Waals surface area contributed by atoms with Crippen molar-refractivity contribution < 1.29 is 27.9 Å². The molecule has 2 N–H and O–H groups in total. The lowest BCUT2D eigenvalue weighted by atomic mass is 10.1. The number of amides is 1. The van der Waals surface area contributed by atoms with Crippen LogP contribution in [0.25, 0.3) is 0 Å². The molecule has 0 saturated carbocycles. The van der Waals surface area contributed by atoms with Gasteiger partial charge in [-0.3, -0.25) is 9.59 Å². The largest absolute Gasteiger partial charge is 0.481 e. The van der Waals surface area contributed by atoms with Crippen LogP contribution in [-0.2, 0) is 11.0 Å². The van der Waals surface area contributed by atoms with E-state index in [-0.39, 0.29) is 12.1 Å². The molecule has 0 aliphatic heterocycles. The Bertz CT molecular complexity index is 485. The van der Waals surface area contributed by atoms with Crippen molar-refractivity contribution in [2.75, 3.05) is 6.54 Å². The van der Waals surface area contributed by atoms with Gasteiger partial charge >= 0.3 is 12.1 Å². The van der Waals surface area contributed by atoms with Crippen LogP contribution in [0.15, 0.2) is 24.3 Å². The van der Waals surface area contributed by atoms with E-state index in [0.717, 1.165) is 18.2 Å². The van der Waals surface area contributed by atoms with Crippen molar-refractivity contribution in [3.05, 3.63) is 35.4 Å². The number of benzene rings is 1. The molecule has 104 valence electrons. The number of halogens is 3. The normalized spacial score (nSPS) is 12.8. The van der Waals surface area contributed by atoms with Gasteiger partial charge in [0.05, 0.1) is 11.5 Å². The topological polar surface area (TPSA) is 66.4 Å². The van der Waals surface area contributed by atoms with Gasteiger partial charge in [0.25, 0.3) is 5.91 Å². The van der Waals surface area contributed by atoms with Crippen LogP contribution < -0.4 is 5.32 Å². The molecule has 0 aliphatic carbocycles. The Balaban J connectivity index is 2.75. The maximum atomic E-state index is 12.4. The van der Waals surface area contributed by atoms with Gasteiger partial charge in [-0.1, -0.05) is 13.0 Å². The second-order valence-electron chi connectivity index (χ2n) is 4.03. The van der Waals surface area contributed by atoms with Crippen molar-refractivity contribution in [2.45, 2.75) is 13.1 Å². The van der Waals surface area contributed by atoms with Crippen molar-refractivity contribution >= 4 is 11.9 Å². The minimum atomic E-state index is -4.52. The Kier molecular flexibility index (Phi) is 4.52. The highest BCUT2D eigenvalue weighted by atomic mass is 19.4. The summed E-state index contributed by atoms with van der Waals surface area (Å²) in [6.07, 6.45) is -4.52. The predicted molar refractivity (Wildman–Crippen MR) is 60.6 cm³/mol. The van der Waals surface area contributed by atoms with E-state index in [1.807, 2.05) is 0 Å². The van der Waals surface area contributed by atoms with Crippen LogP contribution in [-0.4, -0.2) is 23.5 Å². The Morgan fingerprint density at radius 1 is 1.37 bits per heavy atom. The van der Waals surface area contributed by atoms with Gasteiger partial charge in [0.15, 0.2) is 0 Å². The summed E-state index contributed by atoms with van der Waals surface area (Å²) in [5, 5.41) is 10.9. The lowest BCUT2D eigenvalue weighted by molar-refractivity contribution is -0.141. The first-order valence-electron chi connectivity index (χ1n) is 5.40. The van der Waals surface area contributed by atoms with Crippen LogP contribution in [0.1, 0.15) is 22.8 Å². The molecular formula is C12H12F3NO3. The summed E-state index contributed by atoms with van der Waals surface area (Å²) in [7, 11) is 0. The highest BCUT2D eigenvalue weighted by Crippen LogP contribution is 2.29. The summed E-state index contributed by atoms with van der Waals surface area (Å²) in [6, 6.07) is 3.94. The molecule has 4 nitrogen and oxygen atoms in total. The molecule has 0 fully saturated rings. The molecule has 0 saturated heterocycles. The van der Waals surface area contributed by atoms with E-state index >= 15 is 0 Å². The van der Waals surface area contributed by atoms with Gasteiger partial charge < -0.3 is 10.4 Å². The van der Waals surface area contributed by atoms with Crippen molar-refractivity contribution in [1.29, 1.82) is 0 Å². The van der Waals surface area contributed by atoms with E-state index in [0.29, 0.717) is 0 Å². The number of hydrogen-bond donors (Lipinski definition) is 2. The second-order valence-corrected chi connectivity index (χ2v) is 4.03. The SMILES string of the molecule is CC(CNC(=O)c1cccc(C(F)(F)F)c1)C(=O)O. The third kappa shape index (κ3) is 4.27. The van der Waals surface area contributed by atoms with Crippen LogP contribution in [0, 0.1) is 5.92 Å². The predicted octanol–water partition coefficient (Wildman–Crippen LogP) is 2.16. The third-order valence-corrected chi connectivity index (χ3v) is 2.44. The van der Waals surface area contributed by atoms with Gasteiger partial charge in [-0.15, -0.1) is 0 Å². The number of hydrogen-bond acceptors (Lipinski definition) is 2. The molecule has 0 bridgehead atoms. The van der Waals surface area contributed by atoms with Crippen LogP contribution >= 0.6 is 0 Å². The molecular weight excluding hydrogens is 263 g/mol. The molecule has 0 spiro atoms. The number of carbonyl (C=O) groups excluding carboxylic acids is 1. The fraction of sp³-hybridized carbons (Fsp3) is 0.333. The number of rotatable bonds is 4. The number of carboxylic acid groups (broad SMARTS) is 1. The summed E-state index contributed by atoms with van der Waals surface area (Å²) >= 11 is 0. The van der Waals surface area contributed by atoms with Crippen LogP contribution in [0.5, 0.6) is 0 Å². The first-order chi connectivity index (χ1) is 8.71. The molecule has 1 rings (SSSR count). The van der Waals surface area contributed by atoms with E-state index in [9.17, 15) is 22.8 Å². The van der Waals surface area contributed by atoms with Crippen molar-refractivity contribution in [1.82, 2.24) is 5.32 Å². The first kappa shape index (κ1) is 15.0. The monoisotopic (exact) mass is 275 g/mol. The van der Waals surface area contributed by atoms with Gasteiger partial charge in [-0.05, 0) is 18.2 Å². The molecule has 1 aromatic carbocycles. The average Bonchev–Trinajstić information content (AvgIpc) is 2.34. The average molecular weight is 275 g/mol. The van der Waals surface area contributed by atoms with Crippen molar-refractivity contribution in [3.63, 3.8) is 0 Å². The highest BCUT2D eigenvalue weighted by Gasteiger charge is 2.30. The second kappa shape index (κ2) is 5.73. The summed E-state index contributed by atoms with van der Waals surface area (Å²) in [4.78, 5) is 22.1. The quantitative estimate of drug-likeness (QED) is 0.884. The summed E-state index contributed by atoms with van der Waals surface area (Å²) in [5.74, 6) is -2.64. The minimum Gasteiger partial charge on any atom is -0.481 e. The van der Waals surface area contributed by atoms with E-state index in [2.05, 4.69) is 5.32 Å². The Morgan fingerprint density at radius 2 is 2.00 bits per heavy atom. The van der Waals surface area contributed by atoms with Crippen molar-refractivity contribution in [3.8, 4) is 0 Å². The Morgan fingerprint density at radius 3 is 2.53 bits per heavy atom. The number of aliphatic carboxylic acids is 1. The fourth-order valence-electron chi connectivity index (χ4n) is 1.27. The van der Waals surface area contributed by atoms with E-state index < -0.39 is 29.5 Å². The zero-order valence-corrected chi connectivity index (χ0v) is 9.99.